The summed E-state index contributed by atoms with van der Waals surface area (Å²) in [6.07, 6.45) is 3.08. The first-order chi connectivity index (χ1) is 20.6. The van der Waals surface area contributed by atoms with Gasteiger partial charge in [0.15, 0.2) is 0 Å². The first-order valence-corrected chi connectivity index (χ1v) is 15.9. The molecule has 3 aromatic carbocycles. The quantitative estimate of drug-likeness (QED) is 0.211. The van der Waals surface area contributed by atoms with E-state index >= 15 is 4.39 Å². The molecule has 0 aliphatic carbocycles. The molecule has 1 aliphatic rings. The second kappa shape index (κ2) is 12.9. The summed E-state index contributed by atoms with van der Waals surface area (Å²) in [5.41, 5.74) is 1.03. The first-order valence-electron chi connectivity index (χ1n) is 13.0. The summed E-state index contributed by atoms with van der Waals surface area (Å²) in [5.74, 6) is -0.656. The summed E-state index contributed by atoms with van der Waals surface area (Å²) in [5, 5.41) is 3.06. The molecule has 226 valence electrons. The first kappa shape index (κ1) is 30.8. The van der Waals surface area contributed by atoms with Gasteiger partial charge in [-0.3, -0.25) is 9.10 Å². The molecule has 1 N–H and O–H groups in total. The number of ether oxygens (including phenoxy) is 2. The Labute approximate surface area is 262 Å². The third-order valence-electron chi connectivity index (χ3n) is 6.86. The van der Waals surface area contributed by atoms with Crippen LogP contribution in [0, 0.1) is 5.82 Å². The van der Waals surface area contributed by atoms with E-state index in [1.165, 1.54) is 14.2 Å². The lowest BCUT2D eigenvalue weighted by Gasteiger charge is -2.25. The third kappa shape index (κ3) is 6.49. The minimum Gasteiger partial charge on any atom is -0.497 e. The second-order valence-electron chi connectivity index (χ2n) is 9.49. The van der Waals surface area contributed by atoms with E-state index in [1.54, 1.807) is 36.4 Å². The summed E-state index contributed by atoms with van der Waals surface area (Å²) >= 11 is 13.4. The van der Waals surface area contributed by atoms with Crippen LogP contribution in [0.3, 0.4) is 0 Å². The lowest BCUT2D eigenvalue weighted by molar-refractivity contribution is 0.102. The summed E-state index contributed by atoms with van der Waals surface area (Å²) < 4.78 is 58.2. The molecule has 10 nitrogen and oxygen atoms in total. The molecule has 0 spiro atoms. The van der Waals surface area contributed by atoms with Gasteiger partial charge in [0.1, 0.15) is 23.6 Å². The number of sulfonamides is 1. The number of rotatable bonds is 10. The van der Waals surface area contributed by atoms with E-state index in [0.29, 0.717) is 44.9 Å². The number of nitrogens with one attached hydrogen (secondary N) is 1. The van der Waals surface area contributed by atoms with Crippen molar-refractivity contribution in [3.63, 3.8) is 0 Å². The van der Waals surface area contributed by atoms with Crippen molar-refractivity contribution < 1.29 is 27.1 Å². The number of carbonyl (C=O) groups is 1. The topological polar surface area (TPSA) is 114 Å². The van der Waals surface area contributed by atoms with Gasteiger partial charge in [-0.25, -0.2) is 9.37 Å². The highest BCUT2D eigenvalue weighted by Gasteiger charge is 2.32. The van der Waals surface area contributed by atoms with Crippen LogP contribution in [0.5, 0.6) is 11.5 Å². The Morgan fingerprint density at radius 1 is 1.09 bits per heavy atom. The van der Waals surface area contributed by atoms with E-state index in [-0.39, 0.29) is 27.3 Å². The number of hydrogen-bond donors (Lipinski definition) is 1. The van der Waals surface area contributed by atoms with Crippen LogP contribution >= 0.6 is 34.7 Å². The van der Waals surface area contributed by atoms with Crippen molar-refractivity contribution in [1.82, 2.24) is 9.36 Å². The zero-order valence-electron chi connectivity index (χ0n) is 23.0. The number of methoxy groups -OCH3 is 2. The number of nitrogens with zero attached hydrogens (tertiary/aromatic N) is 4. The van der Waals surface area contributed by atoms with Crippen LogP contribution < -0.4 is 24.0 Å². The normalized spacial score (nSPS) is 13.2. The Kier molecular flexibility index (Phi) is 9.25. The minimum atomic E-state index is -4.40. The smallest absolute Gasteiger partial charge is 0.293 e. The number of carbonyl (C=O) groups excluding carboxylic acids is 1. The van der Waals surface area contributed by atoms with Gasteiger partial charge in [0.25, 0.3) is 15.9 Å². The molecule has 0 bridgehead atoms. The van der Waals surface area contributed by atoms with Gasteiger partial charge in [-0.1, -0.05) is 23.2 Å². The maximum atomic E-state index is 15.9. The minimum absolute atomic E-state index is 0.0365. The lowest BCUT2D eigenvalue weighted by atomic mass is 10.1. The van der Waals surface area contributed by atoms with Crippen LogP contribution in [0.25, 0.3) is 0 Å². The van der Waals surface area contributed by atoms with Gasteiger partial charge >= 0.3 is 0 Å². The molecule has 1 fully saturated rings. The standard InChI is InChI=1S/C28H26Cl2FN5O5S2/c1-40-19-7-5-17(26(12-19)41-2)15-36(43(38,39)28-32-16-33-42-28)25-13-21(30)23(14-22(25)31)34-27(37)20-8-6-18(29)11-24(20)35-9-3-4-10-35/h5-8,11-14,16H,3-4,9-10,15H2,1-2H3,(H,34,37). The second-order valence-corrected chi connectivity index (χ2v) is 13.1. The maximum Gasteiger partial charge on any atom is 0.293 e. The van der Waals surface area contributed by atoms with Crippen LogP contribution in [-0.2, 0) is 16.6 Å². The van der Waals surface area contributed by atoms with Gasteiger partial charge in [-0.05, 0) is 60.8 Å². The molecular weight excluding hydrogens is 640 g/mol. The molecule has 0 atom stereocenters. The molecule has 1 aliphatic heterocycles. The fourth-order valence-corrected chi connectivity index (χ4v) is 7.24. The maximum absolute atomic E-state index is 15.9. The third-order valence-corrected chi connectivity index (χ3v) is 10.2. The molecule has 2 heterocycles. The van der Waals surface area contributed by atoms with Crippen LogP contribution in [0.4, 0.5) is 21.5 Å². The van der Waals surface area contributed by atoms with Crippen molar-refractivity contribution in [2.75, 3.05) is 41.8 Å². The number of anilines is 3. The summed E-state index contributed by atoms with van der Waals surface area (Å²) in [6.45, 7) is 1.23. The highest BCUT2D eigenvalue weighted by atomic mass is 35.5. The van der Waals surface area contributed by atoms with Crippen molar-refractivity contribution in [2.24, 2.45) is 0 Å². The molecule has 0 saturated carbocycles. The predicted octanol–water partition coefficient (Wildman–Crippen LogP) is 6.25. The van der Waals surface area contributed by atoms with E-state index < -0.39 is 21.7 Å². The number of benzene rings is 3. The average molecular weight is 667 g/mol. The Hall–Kier alpha value is -3.65. The van der Waals surface area contributed by atoms with Crippen molar-refractivity contribution in [3.05, 3.63) is 81.8 Å². The summed E-state index contributed by atoms with van der Waals surface area (Å²) in [6, 6.07) is 11.9. The zero-order valence-corrected chi connectivity index (χ0v) is 26.2. The predicted molar refractivity (Wildman–Crippen MR) is 165 cm³/mol. The van der Waals surface area contributed by atoms with Crippen molar-refractivity contribution in [2.45, 2.75) is 23.7 Å². The average Bonchev–Trinajstić information content (AvgIpc) is 3.73. The highest BCUT2D eigenvalue weighted by Crippen LogP contribution is 2.37. The van der Waals surface area contributed by atoms with Crippen LogP contribution in [-0.4, -0.2) is 51.0 Å². The number of halogens is 3. The Morgan fingerprint density at radius 2 is 1.86 bits per heavy atom. The SMILES string of the molecule is COc1ccc(CN(c2cc(Cl)c(NC(=O)c3ccc(Cl)cc3N3CCCC3)cc2F)S(=O)(=O)c2ncns2)c(OC)c1. The summed E-state index contributed by atoms with van der Waals surface area (Å²) in [4.78, 5) is 19.3. The monoisotopic (exact) mass is 665 g/mol. The number of aromatic nitrogens is 2. The molecule has 1 aromatic heterocycles. The largest absolute Gasteiger partial charge is 0.497 e. The molecular formula is C28H26Cl2FN5O5S2. The van der Waals surface area contributed by atoms with Gasteiger partial charge in [-0.2, -0.15) is 12.8 Å². The molecule has 0 unspecified atom stereocenters. The number of hydrogen-bond acceptors (Lipinski definition) is 9. The Balaban J connectivity index is 1.51. The lowest BCUT2D eigenvalue weighted by Crippen LogP contribution is -2.31. The molecule has 43 heavy (non-hydrogen) atoms. The van der Waals surface area contributed by atoms with Crippen molar-refractivity contribution in [3.8, 4) is 11.5 Å². The zero-order chi connectivity index (χ0) is 30.7. The highest BCUT2D eigenvalue weighted by molar-refractivity contribution is 7.94. The fraction of sp³-hybridized carbons (Fsp3) is 0.250. The van der Waals surface area contributed by atoms with E-state index in [0.717, 1.165) is 48.7 Å². The van der Waals surface area contributed by atoms with Gasteiger partial charge in [-0.15, -0.1) is 0 Å². The van der Waals surface area contributed by atoms with E-state index in [1.807, 2.05) is 0 Å². The molecule has 1 saturated heterocycles. The van der Waals surface area contributed by atoms with Crippen LogP contribution in [0.2, 0.25) is 10.0 Å². The van der Waals surface area contributed by atoms with Crippen molar-refractivity contribution >= 4 is 67.7 Å². The van der Waals surface area contributed by atoms with E-state index in [2.05, 4.69) is 19.6 Å². The van der Waals surface area contributed by atoms with Crippen LogP contribution in [0.15, 0.2) is 59.2 Å². The van der Waals surface area contributed by atoms with E-state index in [9.17, 15) is 13.2 Å². The van der Waals surface area contributed by atoms with Gasteiger partial charge < -0.3 is 19.7 Å². The molecule has 4 aromatic rings. The molecule has 15 heteroatoms. The Morgan fingerprint density at radius 3 is 2.53 bits per heavy atom. The molecule has 5 rings (SSSR count). The fourth-order valence-electron chi connectivity index (χ4n) is 4.74. The van der Waals surface area contributed by atoms with Gasteiger partial charge in [0, 0.05) is 35.8 Å². The van der Waals surface area contributed by atoms with Crippen LogP contribution in [0.1, 0.15) is 28.8 Å². The molecule has 1 amide bonds. The van der Waals surface area contributed by atoms with Crippen molar-refractivity contribution in [1.29, 1.82) is 0 Å². The number of amides is 1. The van der Waals surface area contributed by atoms with Gasteiger partial charge in [0.05, 0.1) is 48.4 Å². The van der Waals surface area contributed by atoms with Gasteiger partial charge in [0.2, 0.25) is 4.34 Å². The Bertz CT molecular complexity index is 1750. The van der Waals surface area contributed by atoms with E-state index in [4.69, 9.17) is 32.7 Å². The summed E-state index contributed by atoms with van der Waals surface area (Å²) in [7, 11) is -1.49. The molecule has 0 radical (unpaired) electrons.